The summed E-state index contributed by atoms with van der Waals surface area (Å²) in [7, 11) is 0. The number of nitrogens with zero attached hydrogens (tertiary/aromatic N) is 1. The number of thiophene rings is 1. The molecule has 1 spiro atoms. The molecule has 4 atom stereocenters. The van der Waals surface area contributed by atoms with Crippen LogP contribution in [0.3, 0.4) is 0 Å². The molecule has 3 saturated heterocycles. The number of carbonyl (C=O) groups excluding carboxylic acids is 1. The number of hydrogen-bond donors (Lipinski definition) is 1. The summed E-state index contributed by atoms with van der Waals surface area (Å²) >= 11 is 1.57. The number of fused-ring (bicyclic) bond motifs is 1. The van der Waals surface area contributed by atoms with Crippen molar-refractivity contribution in [2.45, 2.75) is 37.4 Å². The quantitative estimate of drug-likeness (QED) is 0.900. The topological polar surface area (TPSA) is 41.6 Å². The molecule has 0 aromatic carbocycles. The van der Waals surface area contributed by atoms with Crippen LogP contribution in [0.25, 0.3) is 0 Å². The van der Waals surface area contributed by atoms with Crippen molar-refractivity contribution in [3.8, 4) is 0 Å². The summed E-state index contributed by atoms with van der Waals surface area (Å²) in [6.45, 7) is 4.33. The summed E-state index contributed by atoms with van der Waals surface area (Å²) in [5.74, 6) is 2.12. The van der Waals surface area contributed by atoms with Crippen molar-refractivity contribution in [1.29, 1.82) is 0 Å². The van der Waals surface area contributed by atoms with Crippen molar-refractivity contribution < 1.29 is 9.53 Å². The van der Waals surface area contributed by atoms with Crippen LogP contribution in [0.2, 0.25) is 0 Å². The maximum atomic E-state index is 12.2. The average Bonchev–Trinajstić information content (AvgIpc) is 2.98. The Labute approximate surface area is 141 Å². The maximum absolute atomic E-state index is 12.2. The maximum Gasteiger partial charge on any atom is 0.252 e. The summed E-state index contributed by atoms with van der Waals surface area (Å²) in [6.07, 6.45) is 5.59. The third kappa shape index (κ3) is 2.44. The van der Waals surface area contributed by atoms with E-state index in [0.29, 0.717) is 17.9 Å². The van der Waals surface area contributed by atoms with Crippen molar-refractivity contribution in [2.24, 2.45) is 17.8 Å². The molecule has 3 aliphatic heterocycles. The fourth-order valence-electron chi connectivity index (χ4n) is 5.07. The van der Waals surface area contributed by atoms with E-state index in [1.807, 2.05) is 16.8 Å². The van der Waals surface area contributed by atoms with Gasteiger partial charge in [0.2, 0.25) is 0 Å². The highest BCUT2D eigenvalue weighted by atomic mass is 32.1. The predicted molar refractivity (Wildman–Crippen MR) is 89.6 cm³/mol. The number of ether oxygens (including phenoxy) is 1. The van der Waals surface area contributed by atoms with E-state index in [2.05, 4.69) is 10.2 Å². The molecule has 4 aliphatic rings. The van der Waals surface area contributed by atoms with Crippen molar-refractivity contribution in [3.05, 3.63) is 22.4 Å². The summed E-state index contributed by atoms with van der Waals surface area (Å²) in [4.78, 5) is 14.9. The third-order valence-corrected chi connectivity index (χ3v) is 7.03. The summed E-state index contributed by atoms with van der Waals surface area (Å²) in [6, 6.07) is 1.89. The highest BCUT2D eigenvalue weighted by molar-refractivity contribution is 7.08. The lowest BCUT2D eigenvalue weighted by Gasteiger charge is -2.29. The Morgan fingerprint density at radius 3 is 3.13 bits per heavy atom. The monoisotopic (exact) mass is 332 g/mol. The minimum Gasteiger partial charge on any atom is -0.370 e. The molecular weight excluding hydrogens is 308 g/mol. The molecular formula is C18H24N2O2S. The highest BCUT2D eigenvalue weighted by Crippen LogP contribution is 2.55. The minimum absolute atomic E-state index is 0.0657. The Kier molecular flexibility index (Phi) is 3.32. The van der Waals surface area contributed by atoms with E-state index in [-0.39, 0.29) is 11.5 Å². The van der Waals surface area contributed by atoms with Crippen molar-refractivity contribution in [3.63, 3.8) is 0 Å². The zero-order valence-electron chi connectivity index (χ0n) is 13.4. The summed E-state index contributed by atoms with van der Waals surface area (Å²) in [5.41, 5.74) is 0.896. The first-order chi connectivity index (χ1) is 11.2. The smallest absolute Gasteiger partial charge is 0.252 e. The molecule has 4 fully saturated rings. The van der Waals surface area contributed by atoms with Gasteiger partial charge in [-0.15, -0.1) is 0 Å². The molecule has 1 saturated carbocycles. The van der Waals surface area contributed by atoms with Gasteiger partial charge in [-0.3, -0.25) is 9.69 Å². The van der Waals surface area contributed by atoms with Crippen LogP contribution in [-0.4, -0.2) is 48.7 Å². The van der Waals surface area contributed by atoms with Crippen LogP contribution >= 0.6 is 11.3 Å². The highest BCUT2D eigenvalue weighted by Gasteiger charge is 2.62. The molecule has 1 aromatic heterocycles. The van der Waals surface area contributed by atoms with Crippen LogP contribution in [0.5, 0.6) is 0 Å². The molecule has 1 aliphatic carbocycles. The molecule has 1 aromatic rings. The molecule has 4 heterocycles. The molecule has 5 heteroatoms. The van der Waals surface area contributed by atoms with Gasteiger partial charge in [-0.25, -0.2) is 0 Å². The fourth-order valence-corrected chi connectivity index (χ4v) is 5.71. The van der Waals surface area contributed by atoms with Crippen molar-refractivity contribution in [2.75, 3.05) is 26.2 Å². The summed E-state index contributed by atoms with van der Waals surface area (Å²) < 4.78 is 6.46. The van der Waals surface area contributed by atoms with E-state index >= 15 is 0 Å². The van der Waals surface area contributed by atoms with Crippen LogP contribution in [0, 0.1) is 17.8 Å². The lowest BCUT2D eigenvalue weighted by atomic mass is 9.73. The molecule has 23 heavy (non-hydrogen) atoms. The lowest BCUT2D eigenvalue weighted by Crippen LogP contribution is -2.41. The molecule has 4 nitrogen and oxygen atoms in total. The Hall–Kier alpha value is -0.910. The Bertz CT molecular complexity index is 600. The Balaban J connectivity index is 1.25. The number of hydrogen-bond acceptors (Lipinski definition) is 4. The first kappa shape index (κ1) is 14.4. The number of nitrogens with one attached hydrogen (secondary N) is 1. The molecule has 2 bridgehead atoms. The fraction of sp³-hybridized carbons (Fsp3) is 0.722. The number of amides is 1. The van der Waals surface area contributed by atoms with Crippen LogP contribution in [0.1, 0.15) is 36.0 Å². The van der Waals surface area contributed by atoms with E-state index in [1.165, 1.54) is 38.8 Å². The van der Waals surface area contributed by atoms with Crippen molar-refractivity contribution in [1.82, 2.24) is 10.2 Å². The molecule has 1 amide bonds. The Morgan fingerprint density at radius 1 is 1.43 bits per heavy atom. The van der Waals surface area contributed by atoms with E-state index < -0.39 is 0 Å². The second-order valence-electron chi connectivity index (χ2n) is 7.89. The molecule has 124 valence electrons. The van der Waals surface area contributed by atoms with Crippen molar-refractivity contribution >= 4 is 17.2 Å². The van der Waals surface area contributed by atoms with Crippen LogP contribution < -0.4 is 5.32 Å². The first-order valence-electron chi connectivity index (χ1n) is 8.94. The van der Waals surface area contributed by atoms with Gasteiger partial charge >= 0.3 is 0 Å². The average molecular weight is 332 g/mol. The lowest BCUT2D eigenvalue weighted by molar-refractivity contribution is 0.00244. The van der Waals surface area contributed by atoms with Gasteiger partial charge in [-0.1, -0.05) is 0 Å². The van der Waals surface area contributed by atoms with Crippen LogP contribution in [-0.2, 0) is 4.74 Å². The number of carbonyl (C=O) groups is 1. The Morgan fingerprint density at radius 2 is 2.35 bits per heavy atom. The molecule has 1 N–H and O–H groups in total. The van der Waals surface area contributed by atoms with E-state index in [0.717, 1.165) is 24.6 Å². The number of rotatable bonds is 5. The van der Waals surface area contributed by atoms with Gasteiger partial charge in [0, 0.05) is 49.0 Å². The normalized spacial score (nSPS) is 38.9. The van der Waals surface area contributed by atoms with Crippen LogP contribution in [0.4, 0.5) is 0 Å². The van der Waals surface area contributed by atoms with E-state index in [9.17, 15) is 4.79 Å². The standard InChI is InChI=1S/C18H24N2O2S/c21-17(13-4-6-23-10-13)19-7-14-15-9-20(8-12-1-2-12)11-18(15)5-3-16(14)22-18/h4,6,10,12,14-16H,1-3,5,7-9,11H2,(H,19,21)/t14-,15+,16+,18+/m0/s1. The van der Waals surface area contributed by atoms with E-state index in [1.54, 1.807) is 11.3 Å². The van der Waals surface area contributed by atoms with Gasteiger partial charge in [0.15, 0.2) is 0 Å². The van der Waals surface area contributed by atoms with Gasteiger partial charge in [0.25, 0.3) is 5.91 Å². The zero-order chi connectivity index (χ0) is 15.4. The van der Waals surface area contributed by atoms with Gasteiger partial charge in [0.1, 0.15) is 0 Å². The predicted octanol–water partition coefficient (Wildman–Crippen LogP) is 2.37. The molecule has 0 unspecified atom stereocenters. The SMILES string of the molecule is O=C(NC[C@H]1[C@H]2CN(CC3CC3)C[C@]23CC[C@H]1O3)c1ccsc1. The number of likely N-dealkylation sites (tertiary alicyclic amines) is 1. The molecule has 5 rings (SSSR count). The summed E-state index contributed by atoms with van der Waals surface area (Å²) in [5, 5.41) is 7.03. The van der Waals surface area contributed by atoms with Gasteiger partial charge < -0.3 is 10.1 Å². The van der Waals surface area contributed by atoms with Crippen LogP contribution in [0.15, 0.2) is 16.8 Å². The van der Waals surface area contributed by atoms with E-state index in [4.69, 9.17) is 4.74 Å². The second kappa shape index (κ2) is 5.30. The van der Waals surface area contributed by atoms with Gasteiger partial charge in [-0.2, -0.15) is 11.3 Å². The molecule has 0 radical (unpaired) electrons. The van der Waals surface area contributed by atoms with Gasteiger partial charge in [0.05, 0.1) is 11.7 Å². The zero-order valence-corrected chi connectivity index (χ0v) is 14.2. The first-order valence-corrected chi connectivity index (χ1v) is 9.88. The van der Waals surface area contributed by atoms with Gasteiger partial charge in [-0.05, 0) is 43.0 Å². The second-order valence-corrected chi connectivity index (χ2v) is 8.67. The largest absolute Gasteiger partial charge is 0.370 e. The minimum atomic E-state index is 0.0657. The third-order valence-electron chi connectivity index (χ3n) is 6.35.